The van der Waals surface area contributed by atoms with Crippen molar-refractivity contribution in [3.05, 3.63) is 35.2 Å². The number of hydrogen-bond acceptors (Lipinski definition) is 7. The second kappa shape index (κ2) is 9.00. The fourth-order valence-electron chi connectivity index (χ4n) is 2.17. The van der Waals surface area contributed by atoms with E-state index in [-0.39, 0.29) is 12.2 Å². The summed E-state index contributed by atoms with van der Waals surface area (Å²) in [4.78, 5) is 35.2. The van der Waals surface area contributed by atoms with Gasteiger partial charge in [0.25, 0.3) is 5.91 Å². The molecule has 0 aliphatic heterocycles. The van der Waals surface area contributed by atoms with Crippen molar-refractivity contribution in [3.8, 4) is 16.9 Å². The van der Waals surface area contributed by atoms with E-state index < -0.39 is 24.5 Å². The van der Waals surface area contributed by atoms with Crippen molar-refractivity contribution < 1.29 is 28.6 Å². The Morgan fingerprint density at radius 3 is 2.38 bits per heavy atom. The minimum Gasteiger partial charge on any atom is -0.497 e. The van der Waals surface area contributed by atoms with E-state index in [1.165, 1.54) is 18.3 Å². The largest absolute Gasteiger partial charge is 0.497 e. The average molecular weight is 377 g/mol. The molecule has 0 radical (unpaired) electrons. The van der Waals surface area contributed by atoms with Crippen LogP contribution in [0.25, 0.3) is 11.1 Å². The van der Waals surface area contributed by atoms with Crippen LogP contribution < -0.4 is 10.1 Å². The van der Waals surface area contributed by atoms with Gasteiger partial charge in [-0.25, -0.2) is 4.79 Å². The van der Waals surface area contributed by atoms with Crippen molar-refractivity contribution in [1.82, 2.24) is 0 Å². The van der Waals surface area contributed by atoms with Crippen molar-refractivity contribution in [2.75, 3.05) is 25.6 Å². The molecule has 1 amide bonds. The molecule has 138 valence electrons. The Balaban J connectivity index is 2.33. The lowest BCUT2D eigenvalue weighted by Gasteiger charge is -2.09. The molecule has 8 heteroatoms. The molecule has 0 bridgehead atoms. The lowest BCUT2D eigenvalue weighted by molar-refractivity contribution is -0.144. The molecule has 26 heavy (non-hydrogen) atoms. The zero-order valence-corrected chi connectivity index (χ0v) is 15.5. The molecule has 1 aromatic heterocycles. The monoisotopic (exact) mass is 377 g/mol. The summed E-state index contributed by atoms with van der Waals surface area (Å²) >= 11 is 1.19. The van der Waals surface area contributed by atoms with Crippen LogP contribution in [0.4, 0.5) is 5.00 Å². The van der Waals surface area contributed by atoms with Crippen LogP contribution in [0.2, 0.25) is 0 Å². The predicted molar refractivity (Wildman–Crippen MR) is 97.5 cm³/mol. The Labute approximate surface area is 154 Å². The summed E-state index contributed by atoms with van der Waals surface area (Å²) in [6.07, 6.45) is 0. The van der Waals surface area contributed by atoms with Crippen LogP contribution in [0.1, 0.15) is 24.2 Å². The summed E-state index contributed by atoms with van der Waals surface area (Å²) in [6, 6.07) is 7.18. The third-order valence-corrected chi connectivity index (χ3v) is 4.23. The average Bonchev–Trinajstić information content (AvgIpc) is 3.03. The molecule has 1 aromatic carbocycles. The Hall–Kier alpha value is -2.87. The van der Waals surface area contributed by atoms with E-state index in [4.69, 9.17) is 9.47 Å². The summed E-state index contributed by atoms with van der Waals surface area (Å²) in [7, 11) is 1.57. The maximum atomic E-state index is 12.4. The summed E-state index contributed by atoms with van der Waals surface area (Å²) in [6.45, 7) is 2.70. The van der Waals surface area contributed by atoms with Crippen LogP contribution in [-0.2, 0) is 19.1 Å². The van der Waals surface area contributed by atoms with E-state index in [0.29, 0.717) is 16.3 Å². The number of hydrogen-bond donors (Lipinski definition) is 1. The van der Waals surface area contributed by atoms with Crippen LogP contribution in [-0.4, -0.2) is 38.2 Å². The highest BCUT2D eigenvalue weighted by atomic mass is 32.1. The minimum absolute atomic E-state index is 0.206. The van der Waals surface area contributed by atoms with Gasteiger partial charge in [-0.3, -0.25) is 9.59 Å². The van der Waals surface area contributed by atoms with E-state index in [2.05, 4.69) is 10.1 Å². The number of esters is 2. The van der Waals surface area contributed by atoms with Gasteiger partial charge in [-0.1, -0.05) is 12.1 Å². The highest BCUT2D eigenvalue weighted by molar-refractivity contribution is 7.15. The third kappa shape index (κ3) is 4.82. The molecule has 0 atom stereocenters. The van der Waals surface area contributed by atoms with Crippen molar-refractivity contribution in [2.24, 2.45) is 0 Å². The molecule has 0 aliphatic rings. The first-order valence-electron chi connectivity index (χ1n) is 7.82. The molecule has 0 unspecified atom stereocenters. The number of carbonyl (C=O) groups is 3. The first kappa shape index (κ1) is 19.5. The Bertz CT molecular complexity index is 797. The number of benzene rings is 1. The molecule has 2 aromatic rings. The van der Waals surface area contributed by atoms with Gasteiger partial charge in [0, 0.05) is 17.9 Å². The van der Waals surface area contributed by atoms with Crippen molar-refractivity contribution in [2.45, 2.75) is 13.8 Å². The van der Waals surface area contributed by atoms with E-state index in [9.17, 15) is 14.4 Å². The first-order chi connectivity index (χ1) is 12.5. The van der Waals surface area contributed by atoms with Gasteiger partial charge >= 0.3 is 11.9 Å². The van der Waals surface area contributed by atoms with Crippen LogP contribution in [0.5, 0.6) is 5.75 Å². The Morgan fingerprint density at radius 2 is 1.81 bits per heavy atom. The zero-order valence-electron chi connectivity index (χ0n) is 14.7. The van der Waals surface area contributed by atoms with Crippen LogP contribution in [0.15, 0.2) is 29.6 Å². The fraction of sp³-hybridized carbons (Fsp3) is 0.278. The van der Waals surface area contributed by atoms with E-state index >= 15 is 0 Å². The molecule has 7 nitrogen and oxygen atoms in total. The lowest BCUT2D eigenvalue weighted by Crippen LogP contribution is -2.20. The van der Waals surface area contributed by atoms with Gasteiger partial charge < -0.3 is 19.5 Å². The minimum atomic E-state index is -0.559. The van der Waals surface area contributed by atoms with Crippen LogP contribution >= 0.6 is 11.3 Å². The number of carbonyl (C=O) groups excluding carboxylic acids is 3. The van der Waals surface area contributed by atoms with Crippen molar-refractivity contribution in [3.63, 3.8) is 0 Å². The van der Waals surface area contributed by atoms with Crippen molar-refractivity contribution >= 4 is 34.2 Å². The summed E-state index contributed by atoms with van der Waals surface area (Å²) in [5.41, 5.74) is 1.68. The molecule has 0 saturated carbocycles. The van der Waals surface area contributed by atoms with E-state index in [1.54, 1.807) is 31.5 Å². The van der Waals surface area contributed by atoms with Crippen LogP contribution in [0.3, 0.4) is 0 Å². The maximum absolute atomic E-state index is 12.4. The van der Waals surface area contributed by atoms with Gasteiger partial charge in [-0.2, -0.15) is 0 Å². The topological polar surface area (TPSA) is 90.9 Å². The Morgan fingerprint density at radius 1 is 1.12 bits per heavy atom. The highest BCUT2D eigenvalue weighted by Gasteiger charge is 2.23. The fourth-order valence-corrected chi connectivity index (χ4v) is 3.14. The second-order valence-corrected chi connectivity index (χ2v) is 6.01. The van der Waals surface area contributed by atoms with E-state index in [0.717, 1.165) is 5.56 Å². The summed E-state index contributed by atoms with van der Waals surface area (Å²) < 4.78 is 14.9. The third-order valence-electron chi connectivity index (χ3n) is 3.33. The molecule has 0 aliphatic carbocycles. The summed E-state index contributed by atoms with van der Waals surface area (Å²) in [5, 5.41) is 4.69. The lowest BCUT2D eigenvalue weighted by atomic mass is 10.0. The second-order valence-electron chi connectivity index (χ2n) is 5.13. The zero-order chi connectivity index (χ0) is 19.1. The van der Waals surface area contributed by atoms with Gasteiger partial charge in [0.15, 0.2) is 6.61 Å². The molecule has 2 rings (SSSR count). The number of amides is 1. The normalized spacial score (nSPS) is 10.1. The molecular weight excluding hydrogens is 358 g/mol. The van der Waals surface area contributed by atoms with Gasteiger partial charge in [-0.15, -0.1) is 11.3 Å². The van der Waals surface area contributed by atoms with Gasteiger partial charge in [0.05, 0.1) is 13.7 Å². The molecule has 1 N–H and O–H groups in total. The number of nitrogens with one attached hydrogen (secondary N) is 1. The number of thiophene rings is 1. The van der Waals surface area contributed by atoms with E-state index in [1.807, 2.05) is 12.1 Å². The number of rotatable bonds is 7. The number of anilines is 1. The molecule has 0 spiro atoms. The molecule has 0 fully saturated rings. The predicted octanol–water partition coefficient (Wildman–Crippen LogP) is 3.10. The number of methoxy groups -OCH3 is 1. The highest BCUT2D eigenvalue weighted by Crippen LogP contribution is 2.36. The van der Waals surface area contributed by atoms with Crippen LogP contribution in [0, 0.1) is 0 Å². The smallest absolute Gasteiger partial charge is 0.341 e. The SMILES string of the molecule is CCOC(=O)c1c(-c2ccc(OC)cc2)csc1NC(=O)COC(C)=O. The standard InChI is InChI=1S/C18H19NO6S/c1-4-24-18(22)16-14(12-5-7-13(23-3)8-6-12)10-26-17(16)19-15(21)9-25-11(2)20/h5-8,10H,4,9H2,1-3H3,(H,19,21). The van der Waals surface area contributed by atoms with Gasteiger partial charge in [0.1, 0.15) is 16.3 Å². The first-order valence-corrected chi connectivity index (χ1v) is 8.70. The summed E-state index contributed by atoms with van der Waals surface area (Å²) in [5.74, 6) is -0.941. The Kier molecular flexibility index (Phi) is 6.74. The van der Waals surface area contributed by atoms with Gasteiger partial charge in [0.2, 0.25) is 0 Å². The molecule has 0 saturated heterocycles. The molecular formula is C18H19NO6S. The maximum Gasteiger partial charge on any atom is 0.341 e. The number of ether oxygens (including phenoxy) is 3. The van der Waals surface area contributed by atoms with Crippen molar-refractivity contribution in [1.29, 1.82) is 0 Å². The van der Waals surface area contributed by atoms with Gasteiger partial charge in [-0.05, 0) is 24.6 Å². The quantitative estimate of drug-likeness (QED) is 0.746. The molecule has 1 heterocycles.